The van der Waals surface area contributed by atoms with Gasteiger partial charge in [0.1, 0.15) is 5.82 Å². The van der Waals surface area contributed by atoms with Gasteiger partial charge in [-0.3, -0.25) is 4.79 Å². The van der Waals surface area contributed by atoms with E-state index in [0.717, 1.165) is 4.31 Å². The maximum absolute atomic E-state index is 12.2. The van der Waals surface area contributed by atoms with Gasteiger partial charge in [-0.2, -0.15) is 0 Å². The van der Waals surface area contributed by atoms with Crippen LogP contribution in [-0.4, -0.2) is 49.5 Å². The molecular weight excluding hydrogens is 342 g/mol. The topological polar surface area (TPSA) is 104 Å². The normalized spacial score (nSPS) is 11.2. The Morgan fingerprint density at radius 2 is 1.72 bits per heavy atom. The van der Waals surface area contributed by atoms with Crippen LogP contribution in [0.15, 0.2) is 53.9 Å². The molecule has 0 saturated carbocycles. The van der Waals surface area contributed by atoms with E-state index >= 15 is 0 Å². The van der Waals surface area contributed by atoms with E-state index in [4.69, 9.17) is 0 Å². The fourth-order valence-corrected chi connectivity index (χ4v) is 2.75. The summed E-state index contributed by atoms with van der Waals surface area (Å²) in [7, 11) is -0.632. The predicted molar refractivity (Wildman–Crippen MR) is 96.0 cm³/mol. The van der Waals surface area contributed by atoms with Gasteiger partial charge in [0.2, 0.25) is 10.0 Å². The van der Waals surface area contributed by atoms with E-state index in [1.165, 1.54) is 38.4 Å². The third-order valence-electron chi connectivity index (χ3n) is 3.23. The summed E-state index contributed by atoms with van der Waals surface area (Å²) in [5.74, 6) is 0.449. The lowest BCUT2D eigenvalue weighted by molar-refractivity contribution is 0.102. The van der Waals surface area contributed by atoms with E-state index in [1.807, 2.05) is 0 Å². The van der Waals surface area contributed by atoms with E-state index in [9.17, 15) is 13.2 Å². The van der Waals surface area contributed by atoms with Crippen LogP contribution >= 0.6 is 0 Å². The maximum atomic E-state index is 12.2. The lowest BCUT2D eigenvalue weighted by atomic mass is 10.2. The summed E-state index contributed by atoms with van der Waals surface area (Å²) in [6.45, 7) is 4.15. The van der Waals surface area contributed by atoms with Crippen LogP contribution in [0.4, 0.5) is 11.6 Å². The number of carbonyl (C=O) groups excluding carboxylic acids is 1. The van der Waals surface area contributed by atoms with Gasteiger partial charge < -0.3 is 10.6 Å². The Kier molecular flexibility index (Phi) is 5.84. The molecule has 2 N–H and O–H groups in total. The predicted octanol–water partition coefficient (Wildman–Crippen LogP) is 1.58. The molecule has 1 heterocycles. The highest BCUT2D eigenvalue weighted by molar-refractivity contribution is 7.89. The number of sulfonamides is 1. The molecule has 0 unspecified atom stereocenters. The highest BCUT2D eigenvalue weighted by Crippen LogP contribution is 2.15. The van der Waals surface area contributed by atoms with Crippen molar-refractivity contribution in [1.29, 1.82) is 0 Å². The van der Waals surface area contributed by atoms with Gasteiger partial charge in [0, 0.05) is 26.2 Å². The summed E-state index contributed by atoms with van der Waals surface area (Å²) < 4.78 is 25.1. The molecule has 8 nitrogen and oxygen atoms in total. The third kappa shape index (κ3) is 4.61. The molecule has 2 rings (SSSR count). The summed E-state index contributed by atoms with van der Waals surface area (Å²) >= 11 is 0. The van der Waals surface area contributed by atoms with Gasteiger partial charge in [-0.25, -0.2) is 12.7 Å². The number of hydrogen-bond donors (Lipinski definition) is 2. The van der Waals surface area contributed by atoms with Crippen LogP contribution in [0.3, 0.4) is 0 Å². The lowest BCUT2D eigenvalue weighted by Gasteiger charge is -2.11. The van der Waals surface area contributed by atoms with E-state index in [0.29, 0.717) is 23.7 Å². The van der Waals surface area contributed by atoms with Gasteiger partial charge in [-0.05, 0) is 36.4 Å². The number of nitrogens with one attached hydrogen (secondary N) is 2. The van der Waals surface area contributed by atoms with Crippen molar-refractivity contribution in [2.45, 2.75) is 4.90 Å². The number of rotatable bonds is 7. The Balaban J connectivity index is 2.07. The van der Waals surface area contributed by atoms with Crippen molar-refractivity contribution in [1.82, 2.24) is 14.5 Å². The first-order valence-electron chi connectivity index (χ1n) is 7.37. The van der Waals surface area contributed by atoms with Gasteiger partial charge in [0.15, 0.2) is 5.82 Å². The summed E-state index contributed by atoms with van der Waals surface area (Å²) in [6.07, 6.45) is 1.69. The molecule has 0 bridgehead atoms. The zero-order valence-corrected chi connectivity index (χ0v) is 14.7. The number of carbonyl (C=O) groups is 1. The SMILES string of the molecule is C=CCNc1ccc(NC(=O)c2ccc(S(=O)(=O)N(C)C)cc2)nn1. The molecule has 0 spiro atoms. The Morgan fingerprint density at radius 3 is 2.24 bits per heavy atom. The zero-order chi connectivity index (χ0) is 18.4. The molecule has 0 saturated heterocycles. The van der Waals surface area contributed by atoms with Crippen molar-refractivity contribution >= 4 is 27.6 Å². The van der Waals surface area contributed by atoms with Crippen LogP contribution in [0.5, 0.6) is 0 Å². The number of hydrogen-bond acceptors (Lipinski definition) is 6. The van der Waals surface area contributed by atoms with Crippen molar-refractivity contribution in [2.24, 2.45) is 0 Å². The second kappa shape index (κ2) is 7.86. The summed E-state index contributed by atoms with van der Waals surface area (Å²) in [4.78, 5) is 12.3. The van der Waals surface area contributed by atoms with Crippen molar-refractivity contribution in [3.8, 4) is 0 Å². The molecule has 0 aliphatic carbocycles. The first kappa shape index (κ1) is 18.6. The third-order valence-corrected chi connectivity index (χ3v) is 5.06. The van der Waals surface area contributed by atoms with Crippen molar-refractivity contribution in [3.05, 3.63) is 54.6 Å². The molecule has 1 amide bonds. The molecule has 0 fully saturated rings. The first-order chi connectivity index (χ1) is 11.8. The average molecular weight is 361 g/mol. The van der Waals surface area contributed by atoms with Crippen molar-refractivity contribution < 1.29 is 13.2 Å². The van der Waals surface area contributed by atoms with E-state index in [-0.39, 0.29) is 4.90 Å². The number of aromatic nitrogens is 2. The van der Waals surface area contributed by atoms with Crippen molar-refractivity contribution in [2.75, 3.05) is 31.3 Å². The Hall–Kier alpha value is -2.78. The van der Waals surface area contributed by atoms with Gasteiger partial charge >= 0.3 is 0 Å². The minimum absolute atomic E-state index is 0.117. The molecule has 2 aromatic rings. The minimum atomic E-state index is -3.53. The molecule has 0 aliphatic heterocycles. The fraction of sp³-hybridized carbons (Fsp3) is 0.188. The molecule has 0 radical (unpaired) electrons. The number of nitrogens with zero attached hydrogens (tertiary/aromatic N) is 3. The van der Waals surface area contributed by atoms with Crippen LogP contribution in [0, 0.1) is 0 Å². The van der Waals surface area contributed by atoms with Gasteiger partial charge in [0.25, 0.3) is 5.91 Å². The molecule has 132 valence electrons. The van der Waals surface area contributed by atoms with E-state index in [1.54, 1.807) is 18.2 Å². The zero-order valence-electron chi connectivity index (χ0n) is 13.9. The summed E-state index contributed by atoms with van der Waals surface area (Å²) in [5, 5.41) is 13.4. The Bertz CT molecular complexity index is 846. The second-order valence-corrected chi connectivity index (χ2v) is 7.39. The largest absolute Gasteiger partial charge is 0.365 e. The Morgan fingerprint density at radius 1 is 1.12 bits per heavy atom. The number of amides is 1. The fourth-order valence-electron chi connectivity index (χ4n) is 1.85. The van der Waals surface area contributed by atoms with Crippen LogP contribution in [-0.2, 0) is 10.0 Å². The molecule has 1 aromatic heterocycles. The van der Waals surface area contributed by atoms with Crippen LogP contribution < -0.4 is 10.6 Å². The highest BCUT2D eigenvalue weighted by atomic mass is 32.2. The smallest absolute Gasteiger partial charge is 0.256 e. The van der Waals surface area contributed by atoms with E-state index < -0.39 is 15.9 Å². The lowest BCUT2D eigenvalue weighted by Crippen LogP contribution is -2.22. The van der Waals surface area contributed by atoms with Crippen LogP contribution in [0.25, 0.3) is 0 Å². The summed E-state index contributed by atoms with van der Waals surface area (Å²) in [6, 6.07) is 8.95. The number of anilines is 2. The monoisotopic (exact) mass is 361 g/mol. The first-order valence-corrected chi connectivity index (χ1v) is 8.81. The van der Waals surface area contributed by atoms with Gasteiger partial charge in [0.05, 0.1) is 4.90 Å². The van der Waals surface area contributed by atoms with Gasteiger partial charge in [-0.15, -0.1) is 16.8 Å². The van der Waals surface area contributed by atoms with Crippen molar-refractivity contribution in [3.63, 3.8) is 0 Å². The van der Waals surface area contributed by atoms with Gasteiger partial charge in [-0.1, -0.05) is 6.08 Å². The molecule has 9 heteroatoms. The van der Waals surface area contributed by atoms with Crippen LogP contribution in [0.1, 0.15) is 10.4 Å². The Labute approximate surface area is 146 Å². The molecule has 0 aliphatic rings. The van der Waals surface area contributed by atoms with Crippen LogP contribution in [0.2, 0.25) is 0 Å². The maximum Gasteiger partial charge on any atom is 0.256 e. The van der Waals surface area contributed by atoms with E-state index in [2.05, 4.69) is 27.4 Å². The molecule has 25 heavy (non-hydrogen) atoms. The standard InChI is InChI=1S/C16H19N5O3S/c1-4-11-17-14-9-10-15(20-19-14)18-16(22)12-5-7-13(8-6-12)25(23,24)21(2)3/h4-10H,1,11H2,2-3H3,(H,17,19)(H,18,20,22). The molecule has 1 aromatic carbocycles. The highest BCUT2D eigenvalue weighted by Gasteiger charge is 2.17. The number of benzene rings is 1. The molecular formula is C16H19N5O3S. The summed E-state index contributed by atoms with van der Waals surface area (Å²) in [5.41, 5.74) is 0.313. The quantitative estimate of drug-likeness (QED) is 0.726. The molecule has 0 atom stereocenters. The second-order valence-electron chi connectivity index (χ2n) is 5.24. The minimum Gasteiger partial charge on any atom is -0.365 e. The average Bonchev–Trinajstić information content (AvgIpc) is 2.61.